The van der Waals surface area contributed by atoms with Crippen molar-refractivity contribution in [3.05, 3.63) is 118 Å². The zero-order chi connectivity index (χ0) is 30.7. The predicted molar refractivity (Wildman–Crippen MR) is 176 cm³/mol. The maximum Gasteiger partial charge on any atom is 0.331 e. The number of alkyl halides is 1. The van der Waals surface area contributed by atoms with E-state index in [2.05, 4.69) is 11.7 Å². The van der Waals surface area contributed by atoms with Crippen LogP contribution in [0.15, 0.2) is 96.0 Å². The third-order valence-electron chi connectivity index (χ3n) is 6.96. The lowest BCUT2D eigenvalue weighted by Crippen LogP contribution is -2.31. The van der Waals surface area contributed by atoms with Crippen molar-refractivity contribution < 1.29 is 29.1 Å². The molecule has 0 spiro atoms. The summed E-state index contributed by atoms with van der Waals surface area (Å²) in [6.07, 6.45) is 1.12. The van der Waals surface area contributed by atoms with Crippen molar-refractivity contribution in [1.82, 2.24) is 4.57 Å². The summed E-state index contributed by atoms with van der Waals surface area (Å²) in [5.74, 6) is -1.22. The van der Waals surface area contributed by atoms with E-state index in [1.165, 1.54) is 18.3 Å². The van der Waals surface area contributed by atoms with Crippen molar-refractivity contribution in [1.29, 1.82) is 0 Å². The first-order chi connectivity index (χ1) is 20.6. The summed E-state index contributed by atoms with van der Waals surface area (Å²) in [6, 6.07) is 22.0. The highest BCUT2D eigenvalue weighted by molar-refractivity contribution is 14.1. The summed E-state index contributed by atoms with van der Waals surface area (Å²) < 4.78 is 5.56. The number of hydrogen-bond acceptors (Lipinski definition) is 8. The SMILES string of the molecule is C=CC(=O)OCCn1c2ccc(C(=O)c3cccs3)cc2c2cc(C(O)(I)/C(=N/OC(C)=O)c3ccccc3C)ccc21. The molecule has 1 N–H and O–H groups in total. The molecule has 2 aromatic heterocycles. The number of aliphatic hydroxyl groups is 1. The van der Waals surface area contributed by atoms with Crippen molar-refractivity contribution in [2.75, 3.05) is 6.61 Å². The lowest BCUT2D eigenvalue weighted by atomic mass is 9.95. The summed E-state index contributed by atoms with van der Waals surface area (Å²) in [5.41, 5.74) is 4.28. The predicted octanol–water partition coefficient (Wildman–Crippen LogP) is 6.67. The first-order valence-electron chi connectivity index (χ1n) is 13.3. The summed E-state index contributed by atoms with van der Waals surface area (Å²) >= 11 is 3.28. The van der Waals surface area contributed by atoms with Gasteiger partial charge < -0.3 is 19.2 Å². The van der Waals surface area contributed by atoms with Crippen molar-refractivity contribution in [3.63, 3.8) is 0 Å². The highest BCUT2D eigenvalue weighted by Gasteiger charge is 2.36. The highest BCUT2D eigenvalue weighted by atomic mass is 127. The number of carbonyl (C=O) groups excluding carboxylic acids is 3. The minimum Gasteiger partial charge on any atom is -0.461 e. The van der Waals surface area contributed by atoms with E-state index in [0.717, 1.165) is 33.4 Å². The minimum atomic E-state index is -1.70. The number of esters is 1. The summed E-state index contributed by atoms with van der Waals surface area (Å²) in [5, 5.41) is 19.5. The zero-order valence-corrected chi connectivity index (χ0v) is 26.3. The number of carbonyl (C=O) groups is 3. The molecule has 43 heavy (non-hydrogen) atoms. The van der Waals surface area contributed by atoms with Crippen LogP contribution in [0.4, 0.5) is 0 Å². The smallest absolute Gasteiger partial charge is 0.331 e. The molecule has 5 rings (SSSR count). The van der Waals surface area contributed by atoms with Crippen LogP contribution in [-0.4, -0.2) is 39.7 Å². The van der Waals surface area contributed by atoms with Gasteiger partial charge in [-0.25, -0.2) is 9.59 Å². The van der Waals surface area contributed by atoms with E-state index in [1.807, 2.05) is 88.0 Å². The maximum absolute atomic E-state index is 13.2. The molecule has 218 valence electrons. The molecule has 10 heteroatoms. The van der Waals surface area contributed by atoms with Crippen LogP contribution in [-0.2, 0) is 29.3 Å². The van der Waals surface area contributed by atoms with Gasteiger partial charge in [0.25, 0.3) is 0 Å². The van der Waals surface area contributed by atoms with Crippen molar-refractivity contribution in [2.45, 2.75) is 24.0 Å². The van der Waals surface area contributed by atoms with Crippen LogP contribution in [0.3, 0.4) is 0 Å². The number of thiophene rings is 1. The number of aryl methyl sites for hydroxylation is 1. The Labute approximate surface area is 265 Å². The average Bonchev–Trinajstić information content (AvgIpc) is 3.64. The van der Waals surface area contributed by atoms with E-state index in [4.69, 9.17) is 9.57 Å². The van der Waals surface area contributed by atoms with Crippen LogP contribution in [0.5, 0.6) is 0 Å². The first-order valence-corrected chi connectivity index (χ1v) is 15.2. The Morgan fingerprint density at radius 3 is 2.44 bits per heavy atom. The van der Waals surface area contributed by atoms with E-state index in [-0.39, 0.29) is 18.1 Å². The maximum atomic E-state index is 13.2. The molecule has 0 aliphatic carbocycles. The van der Waals surface area contributed by atoms with Crippen LogP contribution in [0.25, 0.3) is 21.8 Å². The average molecular weight is 707 g/mol. The molecule has 0 saturated heterocycles. The molecule has 0 fully saturated rings. The second-order valence-electron chi connectivity index (χ2n) is 9.75. The van der Waals surface area contributed by atoms with Gasteiger partial charge in [-0.1, -0.05) is 48.1 Å². The summed E-state index contributed by atoms with van der Waals surface area (Å²) in [7, 11) is 0. The number of rotatable bonds is 10. The van der Waals surface area contributed by atoms with Crippen molar-refractivity contribution >= 4 is 79.2 Å². The number of benzene rings is 3. The molecule has 0 amide bonds. The minimum absolute atomic E-state index is 0.0883. The van der Waals surface area contributed by atoms with Gasteiger partial charge in [-0.3, -0.25) is 4.79 Å². The van der Waals surface area contributed by atoms with Gasteiger partial charge in [0.1, 0.15) is 12.3 Å². The van der Waals surface area contributed by atoms with Gasteiger partial charge in [0.05, 0.1) is 11.4 Å². The van der Waals surface area contributed by atoms with E-state index >= 15 is 0 Å². The van der Waals surface area contributed by atoms with Gasteiger partial charge in [-0.2, -0.15) is 0 Å². The fourth-order valence-electron chi connectivity index (χ4n) is 4.91. The Balaban J connectivity index is 1.68. The van der Waals surface area contributed by atoms with Gasteiger partial charge in [-0.15, -0.1) is 11.3 Å². The lowest BCUT2D eigenvalue weighted by molar-refractivity contribution is -0.141. The van der Waals surface area contributed by atoms with E-state index in [1.54, 1.807) is 24.3 Å². The number of aromatic nitrogens is 1. The molecule has 0 radical (unpaired) electrons. The van der Waals surface area contributed by atoms with E-state index in [0.29, 0.717) is 28.1 Å². The highest BCUT2D eigenvalue weighted by Crippen LogP contribution is 2.39. The van der Waals surface area contributed by atoms with Crippen molar-refractivity contribution in [2.24, 2.45) is 5.16 Å². The van der Waals surface area contributed by atoms with Gasteiger partial charge in [0.2, 0.25) is 5.78 Å². The number of ether oxygens (including phenoxy) is 1. The Bertz CT molecular complexity index is 1910. The molecule has 0 aliphatic heterocycles. The monoisotopic (exact) mass is 706 g/mol. The standard InChI is InChI=1S/C33H27IN2O6S/c1-4-30(38)41-16-15-36-27-13-11-22(31(39)29-10-7-17-43-29)18-25(27)26-19-23(12-14-28(26)36)33(34,40)32(35-42-21(3)37)24-9-6-5-8-20(24)2/h4-14,17-19,40H,1,15-16H2,2-3H3/b35-32+. The zero-order valence-electron chi connectivity index (χ0n) is 23.4. The fraction of sp³-hybridized carbons (Fsp3) is 0.152. The van der Waals surface area contributed by atoms with Crippen molar-refractivity contribution in [3.8, 4) is 0 Å². The molecule has 1 atom stereocenters. The van der Waals surface area contributed by atoms with Crippen LogP contribution >= 0.6 is 33.9 Å². The number of halogens is 1. The molecule has 0 saturated carbocycles. The second kappa shape index (κ2) is 12.6. The lowest BCUT2D eigenvalue weighted by Gasteiger charge is -2.25. The Kier molecular flexibility index (Phi) is 8.90. The number of nitrogens with zero attached hydrogens (tertiary/aromatic N) is 2. The molecule has 0 bridgehead atoms. The third kappa shape index (κ3) is 6.17. The Morgan fingerprint density at radius 1 is 1.05 bits per heavy atom. The van der Waals surface area contributed by atoms with Crippen LogP contribution in [0.1, 0.15) is 38.8 Å². The van der Waals surface area contributed by atoms with Gasteiger partial charge in [0, 0.05) is 51.5 Å². The topological polar surface area (TPSA) is 107 Å². The first kappa shape index (κ1) is 30.3. The molecule has 1 unspecified atom stereocenters. The number of fused-ring (bicyclic) bond motifs is 3. The molecule has 8 nitrogen and oxygen atoms in total. The number of oxime groups is 1. The largest absolute Gasteiger partial charge is 0.461 e. The number of ketones is 1. The number of hydrogen-bond donors (Lipinski definition) is 1. The molecule has 3 aromatic carbocycles. The van der Waals surface area contributed by atoms with E-state index < -0.39 is 15.5 Å². The normalized spacial score (nSPS) is 13.1. The van der Waals surface area contributed by atoms with Crippen LogP contribution in [0, 0.1) is 6.92 Å². The summed E-state index contributed by atoms with van der Waals surface area (Å²) in [6.45, 7) is 7.04. The third-order valence-corrected chi connectivity index (χ3v) is 8.96. The van der Waals surface area contributed by atoms with Gasteiger partial charge in [-0.05, 0) is 76.9 Å². The molecule has 5 aromatic rings. The quantitative estimate of drug-likeness (QED) is 0.0254. The van der Waals surface area contributed by atoms with Crippen LogP contribution < -0.4 is 0 Å². The van der Waals surface area contributed by atoms with Crippen LogP contribution in [0.2, 0.25) is 0 Å². The second-order valence-corrected chi connectivity index (χ2v) is 12.3. The Hall–Kier alpha value is -4.13. The molecular weight excluding hydrogens is 679 g/mol. The fourth-order valence-corrected chi connectivity index (χ4v) is 6.32. The van der Waals surface area contributed by atoms with Gasteiger partial charge in [0.15, 0.2) is 3.61 Å². The molecule has 0 aliphatic rings. The molecular formula is C33H27IN2O6S. The van der Waals surface area contributed by atoms with E-state index in [9.17, 15) is 19.5 Å². The van der Waals surface area contributed by atoms with Gasteiger partial charge >= 0.3 is 11.9 Å². The Morgan fingerprint density at radius 2 is 1.77 bits per heavy atom. The summed E-state index contributed by atoms with van der Waals surface area (Å²) in [4.78, 5) is 42.3. The molecule has 2 heterocycles.